The van der Waals surface area contributed by atoms with Crippen LogP contribution < -0.4 is 11.1 Å². The van der Waals surface area contributed by atoms with Crippen LogP contribution in [0.3, 0.4) is 0 Å². The van der Waals surface area contributed by atoms with Crippen LogP contribution in [0.15, 0.2) is 24.3 Å². The standard InChI is InChI=1S/C14H21FN2O.ClH/c1-14(2,11-6-5-7-12(15)10-11)13(18)17-9-4-3-8-16;/h5-7,10H,3-4,8-9,16H2,1-2H3,(H,17,18);1H. The largest absolute Gasteiger partial charge is 0.355 e. The predicted octanol–water partition coefficient (Wildman–Crippen LogP) is 2.38. The Morgan fingerprint density at radius 1 is 1.37 bits per heavy atom. The third kappa shape index (κ3) is 5.17. The predicted molar refractivity (Wildman–Crippen MR) is 78.0 cm³/mol. The topological polar surface area (TPSA) is 55.1 Å². The normalized spacial score (nSPS) is 10.7. The summed E-state index contributed by atoms with van der Waals surface area (Å²) in [5.41, 5.74) is 5.33. The Balaban J connectivity index is 0.00000324. The van der Waals surface area contributed by atoms with Crippen molar-refractivity contribution in [3.05, 3.63) is 35.6 Å². The van der Waals surface area contributed by atoms with Gasteiger partial charge >= 0.3 is 0 Å². The molecule has 1 aromatic rings. The van der Waals surface area contributed by atoms with Crippen LogP contribution in [-0.4, -0.2) is 19.0 Å². The molecule has 0 aromatic heterocycles. The molecule has 0 atom stereocenters. The Morgan fingerprint density at radius 3 is 2.63 bits per heavy atom. The van der Waals surface area contributed by atoms with Crippen LogP contribution >= 0.6 is 12.4 Å². The summed E-state index contributed by atoms with van der Waals surface area (Å²) in [5, 5.41) is 2.86. The van der Waals surface area contributed by atoms with Gasteiger partial charge in [-0.15, -0.1) is 12.4 Å². The van der Waals surface area contributed by atoms with Crippen molar-refractivity contribution in [2.24, 2.45) is 5.73 Å². The minimum atomic E-state index is -0.731. The molecule has 0 spiro atoms. The number of halogens is 2. The number of unbranched alkanes of at least 4 members (excludes halogenated alkanes) is 1. The second-order valence-electron chi connectivity index (χ2n) is 4.89. The number of carbonyl (C=O) groups excluding carboxylic acids is 1. The third-order valence-electron chi connectivity index (χ3n) is 3.03. The summed E-state index contributed by atoms with van der Waals surface area (Å²) in [6, 6.07) is 6.16. The average molecular weight is 289 g/mol. The van der Waals surface area contributed by atoms with Gasteiger partial charge in [-0.3, -0.25) is 4.79 Å². The number of hydrogen-bond donors (Lipinski definition) is 2. The number of rotatable bonds is 6. The number of nitrogens with one attached hydrogen (secondary N) is 1. The van der Waals surface area contributed by atoms with Crippen LogP contribution in [0.4, 0.5) is 4.39 Å². The molecule has 0 unspecified atom stereocenters. The van der Waals surface area contributed by atoms with Crippen molar-refractivity contribution in [3.63, 3.8) is 0 Å². The monoisotopic (exact) mass is 288 g/mol. The van der Waals surface area contributed by atoms with Crippen molar-refractivity contribution in [2.45, 2.75) is 32.1 Å². The number of amides is 1. The molecule has 0 saturated heterocycles. The minimum Gasteiger partial charge on any atom is -0.355 e. The van der Waals surface area contributed by atoms with Gasteiger partial charge in [0.25, 0.3) is 0 Å². The van der Waals surface area contributed by atoms with Crippen LogP contribution in [0.1, 0.15) is 32.3 Å². The van der Waals surface area contributed by atoms with Crippen LogP contribution in [0.5, 0.6) is 0 Å². The lowest BCUT2D eigenvalue weighted by Crippen LogP contribution is -2.40. The van der Waals surface area contributed by atoms with Gasteiger partial charge < -0.3 is 11.1 Å². The second kappa shape index (κ2) is 8.12. The van der Waals surface area contributed by atoms with Gasteiger partial charge in [-0.1, -0.05) is 12.1 Å². The lowest BCUT2D eigenvalue weighted by molar-refractivity contribution is -0.125. The summed E-state index contributed by atoms with van der Waals surface area (Å²) in [5.74, 6) is -0.415. The van der Waals surface area contributed by atoms with E-state index in [0.717, 1.165) is 12.8 Å². The first-order chi connectivity index (χ1) is 8.48. The highest BCUT2D eigenvalue weighted by Crippen LogP contribution is 2.23. The average Bonchev–Trinajstić information content (AvgIpc) is 2.34. The number of carbonyl (C=O) groups is 1. The van der Waals surface area contributed by atoms with Crippen LogP contribution in [-0.2, 0) is 10.2 Å². The van der Waals surface area contributed by atoms with E-state index in [9.17, 15) is 9.18 Å². The van der Waals surface area contributed by atoms with E-state index in [4.69, 9.17) is 5.73 Å². The molecular weight excluding hydrogens is 267 g/mol. The maximum atomic E-state index is 13.2. The summed E-state index contributed by atoms with van der Waals surface area (Å²) in [6.45, 7) is 4.82. The first-order valence-electron chi connectivity index (χ1n) is 6.23. The molecule has 0 radical (unpaired) electrons. The highest BCUT2D eigenvalue weighted by molar-refractivity contribution is 5.87. The lowest BCUT2D eigenvalue weighted by Gasteiger charge is -2.24. The van der Waals surface area contributed by atoms with E-state index < -0.39 is 5.41 Å². The van der Waals surface area contributed by atoms with Gasteiger partial charge in [-0.05, 0) is 50.9 Å². The van der Waals surface area contributed by atoms with Crippen molar-refractivity contribution in [1.82, 2.24) is 5.32 Å². The van der Waals surface area contributed by atoms with Crippen LogP contribution in [0, 0.1) is 5.82 Å². The zero-order valence-electron chi connectivity index (χ0n) is 11.4. The Labute approximate surface area is 120 Å². The Kier molecular flexibility index (Phi) is 7.64. The zero-order chi connectivity index (χ0) is 13.6. The molecule has 1 aromatic carbocycles. The quantitative estimate of drug-likeness (QED) is 0.790. The summed E-state index contributed by atoms with van der Waals surface area (Å²) >= 11 is 0. The number of benzene rings is 1. The molecule has 3 N–H and O–H groups in total. The Hall–Kier alpha value is -1.13. The molecule has 0 aliphatic carbocycles. The zero-order valence-corrected chi connectivity index (χ0v) is 12.2. The van der Waals surface area contributed by atoms with Crippen molar-refractivity contribution in [2.75, 3.05) is 13.1 Å². The molecule has 0 saturated carbocycles. The van der Waals surface area contributed by atoms with Crippen LogP contribution in [0.25, 0.3) is 0 Å². The SMILES string of the molecule is CC(C)(C(=O)NCCCCN)c1cccc(F)c1.Cl. The molecule has 3 nitrogen and oxygen atoms in total. The van der Waals surface area contributed by atoms with Gasteiger partial charge in [-0.25, -0.2) is 4.39 Å². The van der Waals surface area contributed by atoms with Crippen LogP contribution in [0.2, 0.25) is 0 Å². The third-order valence-corrected chi connectivity index (χ3v) is 3.03. The van der Waals surface area contributed by atoms with E-state index in [1.807, 2.05) is 0 Å². The number of hydrogen-bond acceptors (Lipinski definition) is 2. The first kappa shape index (κ1) is 17.9. The van der Waals surface area contributed by atoms with E-state index >= 15 is 0 Å². The maximum absolute atomic E-state index is 13.2. The Morgan fingerprint density at radius 2 is 2.05 bits per heavy atom. The minimum absolute atomic E-state index is 0. The molecular formula is C14H22ClFN2O. The smallest absolute Gasteiger partial charge is 0.230 e. The van der Waals surface area contributed by atoms with Gasteiger partial charge in [0.1, 0.15) is 5.82 Å². The van der Waals surface area contributed by atoms with Gasteiger partial charge in [0.15, 0.2) is 0 Å². The summed E-state index contributed by atoms with van der Waals surface area (Å²) in [6.07, 6.45) is 1.75. The fourth-order valence-corrected chi connectivity index (χ4v) is 1.70. The fourth-order valence-electron chi connectivity index (χ4n) is 1.70. The fraction of sp³-hybridized carbons (Fsp3) is 0.500. The molecule has 0 aliphatic heterocycles. The Bertz CT molecular complexity index is 410. The molecule has 0 bridgehead atoms. The van der Waals surface area contributed by atoms with E-state index in [1.165, 1.54) is 12.1 Å². The van der Waals surface area contributed by atoms with Gasteiger partial charge in [0, 0.05) is 6.54 Å². The van der Waals surface area contributed by atoms with E-state index in [-0.39, 0.29) is 24.1 Å². The lowest BCUT2D eigenvalue weighted by atomic mass is 9.83. The molecule has 1 amide bonds. The number of nitrogens with two attached hydrogens (primary N) is 1. The summed E-state index contributed by atoms with van der Waals surface area (Å²) < 4.78 is 13.2. The van der Waals surface area contributed by atoms with Gasteiger partial charge in [0.05, 0.1) is 5.41 Å². The summed E-state index contributed by atoms with van der Waals surface area (Å²) in [7, 11) is 0. The molecule has 0 heterocycles. The molecule has 108 valence electrons. The van der Waals surface area contributed by atoms with Crippen molar-refractivity contribution in [1.29, 1.82) is 0 Å². The van der Waals surface area contributed by atoms with Crippen molar-refractivity contribution < 1.29 is 9.18 Å². The van der Waals surface area contributed by atoms with Gasteiger partial charge in [-0.2, -0.15) is 0 Å². The molecule has 5 heteroatoms. The molecule has 0 aliphatic rings. The van der Waals surface area contributed by atoms with E-state index in [2.05, 4.69) is 5.32 Å². The molecule has 1 rings (SSSR count). The highest BCUT2D eigenvalue weighted by Gasteiger charge is 2.29. The van der Waals surface area contributed by atoms with Crippen molar-refractivity contribution in [3.8, 4) is 0 Å². The van der Waals surface area contributed by atoms with E-state index in [1.54, 1.807) is 26.0 Å². The van der Waals surface area contributed by atoms with Gasteiger partial charge in [0.2, 0.25) is 5.91 Å². The summed E-state index contributed by atoms with van der Waals surface area (Å²) in [4.78, 5) is 12.1. The molecule has 0 fully saturated rings. The first-order valence-corrected chi connectivity index (χ1v) is 6.23. The second-order valence-corrected chi connectivity index (χ2v) is 4.89. The van der Waals surface area contributed by atoms with Crippen molar-refractivity contribution >= 4 is 18.3 Å². The highest BCUT2D eigenvalue weighted by atomic mass is 35.5. The van der Waals surface area contributed by atoms with E-state index in [0.29, 0.717) is 18.7 Å². The maximum Gasteiger partial charge on any atom is 0.230 e. The molecule has 19 heavy (non-hydrogen) atoms.